The summed E-state index contributed by atoms with van der Waals surface area (Å²) in [7, 11) is 0. The molecular formula is C15H28N2O5. The van der Waals surface area contributed by atoms with E-state index in [1.807, 2.05) is 0 Å². The Kier molecular flexibility index (Phi) is 4.05. The first-order valence-electron chi connectivity index (χ1n) is 8.02. The number of hydrogen-bond donors (Lipinski definition) is 3. The third kappa shape index (κ3) is 3.03. The van der Waals surface area contributed by atoms with Gasteiger partial charge in [-0.3, -0.25) is 4.90 Å². The number of likely N-dealkylation sites (tertiary alicyclic amines) is 1. The van der Waals surface area contributed by atoms with Gasteiger partial charge in [-0.25, -0.2) is 0 Å². The van der Waals surface area contributed by atoms with Crippen molar-refractivity contribution in [3.05, 3.63) is 0 Å². The zero-order valence-electron chi connectivity index (χ0n) is 13.6. The minimum Gasteiger partial charge on any atom is -0.388 e. The minimum absolute atomic E-state index is 0.0412. The highest BCUT2D eigenvalue weighted by atomic mass is 16.8. The maximum Gasteiger partial charge on any atom is 0.213 e. The highest BCUT2D eigenvalue weighted by Crippen LogP contribution is 2.43. The van der Waals surface area contributed by atoms with Crippen molar-refractivity contribution in [1.29, 1.82) is 0 Å². The first-order chi connectivity index (χ1) is 10.1. The van der Waals surface area contributed by atoms with Crippen LogP contribution in [-0.4, -0.2) is 76.8 Å². The van der Waals surface area contributed by atoms with Crippen LogP contribution in [0.4, 0.5) is 0 Å². The Morgan fingerprint density at radius 1 is 1.18 bits per heavy atom. The fraction of sp³-hybridized carbons (Fsp3) is 1.00. The minimum atomic E-state index is -1.04. The molecule has 128 valence electrons. The summed E-state index contributed by atoms with van der Waals surface area (Å²) in [5, 5.41) is 20.1. The molecule has 4 N–H and O–H groups in total. The van der Waals surface area contributed by atoms with Crippen LogP contribution in [0.3, 0.4) is 0 Å². The Balaban J connectivity index is 1.74. The van der Waals surface area contributed by atoms with E-state index in [9.17, 15) is 10.2 Å². The molecule has 3 saturated heterocycles. The molecule has 0 aromatic rings. The maximum atomic E-state index is 10.3. The van der Waals surface area contributed by atoms with Crippen molar-refractivity contribution in [3.8, 4) is 0 Å². The Morgan fingerprint density at radius 3 is 2.45 bits per heavy atom. The molecule has 4 atom stereocenters. The van der Waals surface area contributed by atoms with Crippen LogP contribution in [0, 0.1) is 0 Å². The number of aliphatic hydroxyl groups excluding tert-OH is 2. The number of nitrogens with two attached hydrogens (primary N) is 1. The van der Waals surface area contributed by atoms with Crippen LogP contribution in [0.1, 0.15) is 33.6 Å². The molecule has 0 bridgehead atoms. The summed E-state index contributed by atoms with van der Waals surface area (Å²) in [6, 6.07) is 0. The van der Waals surface area contributed by atoms with Crippen molar-refractivity contribution in [2.45, 2.75) is 69.0 Å². The molecule has 3 heterocycles. The van der Waals surface area contributed by atoms with Crippen LogP contribution in [0.15, 0.2) is 0 Å². The Morgan fingerprint density at radius 2 is 1.82 bits per heavy atom. The smallest absolute Gasteiger partial charge is 0.213 e. The molecule has 3 aliphatic rings. The lowest BCUT2D eigenvalue weighted by Crippen LogP contribution is -2.64. The molecular weight excluding hydrogens is 288 g/mol. The second-order valence-corrected chi connectivity index (χ2v) is 7.65. The summed E-state index contributed by atoms with van der Waals surface area (Å²) in [4.78, 5) is 2.23. The Labute approximate surface area is 131 Å². The summed E-state index contributed by atoms with van der Waals surface area (Å²) in [5.74, 6) is -1.89. The van der Waals surface area contributed by atoms with E-state index in [-0.39, 0.29) is 12.1 Å². The van der Waals surface area contributed by atoms with E-state index in [4.69, 9.17) is 19.9 Å². The number of nitrogens with zero attached hydrogens (tertiary/aromatic N) is 1. The van der Waals surface area contributed by atoms with E-state index in [0.717, 1.165) is 25.9 Å². The van der Waals surface area contributed by atoms with Crippen molar-refractivity contribution in [2.75, 3.05) is 26.2 Å². The predicted molar refractivity (Wildman–Crippen MR) is 79.0 cm³/mol. The lowest BCUT2D eigenvalue weighted by Gasteiger charge is -2.45. The van der Waals surface area contributed by atoms with Gasteiger partial charge < -0.3 is 30.2 Å². The molecule has 0 amide bonds. The van der Waals surface area contributed by atoms with Crippen LogP contribution >= 0.6 is 0 Å². The molecule has 0 saturated carbocycles. The average molecular weight is 316 g/mol. The molecule has 0 aliphatic carbocycles. The van der Waals surface area contributed by atoms with E-state index in [0.29, 0.717) is 6.54 Å². The van der Waals surface area contributed by atoms with Gasteiger partial charge in [-0.1, -0.05) is 0 Å². The van der Waals surface area contributed by atoms with Gasteiger partial charge in [0, 0.05) is 18.6 Å². The van der Waals surface area contributed by atoms with Gasteiger partial charge in [0.1, 0.15) is 18.3 Å². The summed E-state index contributed by atoms with van der Waals surface area (Å²) in [6.07, 6.45) is -0.853. The first kappa shape index (κ1) is 16.6. The molecule has 0 spiro atoms. The van der Waals surface area contributed by atoms with Crippen molar-refractivity contribution >= 4 is 0 Å². The third-order valence-corrected chi connectivity index (χ3v) is 4.91. The molecule has 7 nitrogen and oxygen atoms in total. The third-order valence-electron chi connectivity index (χ3n) is 4.91. The lowest BCUT2D eigenvalue weighted by atomic mass is 9.90. The van der Waals surface area contributed by atoms with Crippen molar-refractivity contribution in [2.24, 2.45) is 5.73 Å². The number of aliphatic hydroxyl groups is 2. The topological polar surface area (TPSA) is 97.4 Å². The van der Waals surface area contributed by atoms with Gasteiger partial charge in [-0.2, -0.15) is 0 Å². The van der Waals surface area contributed by atoms with Crippen molar-refractivity contribution in [3.63, 3.8) is 0 Å². The highest BCUT2D eigenvalue weighted by Gasteiger charge is 2.61. The standard InChI is InChI=1S/C15H28N2O5/c1-13(2)21-12-11(19)10(18)8-20-15(12,22-13)9-17-6-4-14(3,16)5-7-17/h10-12,18-19H,4-9,16H2,1-3H3/t10-,11-,12+,15+/m1/s1. The number of rotatable bonds is 2. The fourth-order valence-electron chi connectivity index (χ4n) is 3.56. The Hall–Kier alpha value is -0.280. The fourth-order valence-corrected chi connectivity index (χ4v) is 3.56. The van der Waals surface area contributed by atoms with Gasteiger partial charge in [0.15, 0.2) is 5.79 Å². The van der Waals surface area contributed by atoms with Crippen molar-refractivity contribution in [1.82, 2.24) is 4.90 Å². The molecule has 0 radical (unpaired) electrons. The summed E-state index contributed by atoms with van der Waals surface area (Å²) >= 11 is 0. The van der Waals surface area contributed by atoms with E-state index in [1.165, 1.54) is 0 Å². The number of piperidine rings is 1. The van der Waals surface area contributed by atoms with E-state index < -0.39 is 29.9 Å². The van der Waals surface area contributed by atoms with Crippen LogP contribution < -0.4 is 5.73 Å². The van der Waals surface area contributed by atoms with Crippen molar-refractivity contribution < 1.29 is 24.4 Å². The predicted octanol–water partition coefficient (Wildman–Crippen LogP) is -0.601. The molecule has 7 heteroatoms. The van der Waals surface area contributed by atoms with Gasteiger partial charge in [0.2, 0.25) is 5.79 Å². The van der Waals surface area contributed by atoms with Gasteiger partial charge in [-0.05, 0) is 33.6 Å². The van der Waals surface area contributed by atoms with Gasteiger partial charge in [-0.15, -0.1) is 0 Å². The molecule has 22 heavy (non-hydrogen) atoms. The second-order valence-electron chi connectivity index (χ2n) is 7.65. The molecule has 0 aromatic carbocycles. The number of ether oxygens (including phenoxy) is 3. The maximum absolute atomic E-state index is 10.3. The summed E-state index contributed by atoms with van der Waals surface area (Å²) in [5.41, 5.74) is 6.05. The Bertz CT molecular complexity index is 420. The molecule has 3 rings (SSSR count). The quantitative estimate of drug-likeness (QED) is 0.626. The van der Waals surface area contributed by atoms with Gasteiger partial charge in [0.25, 0.3) is 0 Å². The molecule has 3 aliphatic heterocycles. The highest BCUT2D eigenvalue weighted by molar-refractivity contribution is 5.01. The molecule has 0 aromatic heterocycles. The average Bonchev–Trinajstić information content (AvgIpc) is 2.69. The van der Waals surface area contributed by atoms with Crippen LogP contribution in [-0.2, 0) is 14.2 Å². The largest absolute Gasteiger partial charge is 0.388 e. The van der Waals surface area contributed by atoms with E-state index in [2.05, 4.69) is 11.8 Å². The summed E-state index contributed by atoms with van der Waals surface area (Å²) < 4.78 is 17.7. The SMILES string of the molecule is CC1(N)CCN(C[C@@]23OC[C@@H](O)[C@@H](O)[C@@H]2OC(C)(C)O3)CC1. The van der Waals surface area contributed by atoms with Crippen LogP contribution in [0.25, 0.3) is 0 Å². The lowest BCUT2D eigenvalue weighted by molar-refractivity contribution is -0.298. The second kappa shape index (κ2) is 5.37. The normalized spacial score (nSPS) is 44.7. The number of fused-ring (bicyclic) bond motifs is 1. The molecule has 3 fully saturated rings. The van der Waals surface area contributed by atoms with E-state index >= 15 is 0 Å². The first-order valence-corrected chi connectivity index (χ1v) is 8.02. The van der Waals surface area contributed by atoms with Crippen LogP contribution in [0.5, 0.6) is 0 Å². The monoisotopic (exact) mass is 316 g/mol. The van der Waals surface area contributed by atoms with Crippen LogP contribution in [0.2, 0.25) is 0 Å². The molecule has 0 unspecified atom stereocenters. The summed E-state index contributed by atoms with van der Waals surface area (Å²) in [6.45, 7) is 7.91. The number of hydrogen-bond acceptors (Lipinski definition) is 7. The zero-order valence-corrected chi connectivity index (χ0v) is 13.6. The zero-order chi connectivity index (χ0) is 16.2. The van der Waals surface area contributed by atoms with Gasteiger partial charge >= 0.3 is 0 Å². The van der Waals surface area contributed by atoms with E-state index in [1.54, 1.807) is 13.8 Å². The van der Waals surface area contributed by atoms with Gasteiger partial charge in [0.05, 0.1) is 13.2 Å².